The lowest BCUT2D eigenvalue weighted by Gasteiger charge is -2.17. The Labute approximate surface area is 137 Å². The molecule has 1 fully saturated rings. The van der Waals surface area contributed by atoms with Crippen molar-refractivity contribution in [1.29, 1.82) is 0 Å². The van der Waals surface area contributed by atoms with Crippen LogP contribution in [-0.4, -0.2) is 39.7 Å². The summed E-state index contributed by atoms with van der Waals surface area (Å²) in [4.78, 5) is 25.1. The van der Waals surface area contributed by atoms with Crippen molar-refractivity contribution in [2.45, 2.75) is 6.42 Å². The topological polar surface area (TPSA) is 80.8 Å². The number of benzene rings is 1. The largest absolute Gasteiger partial charge is 0.465 e. The summed E-state index contributed by atoms with van der Waals surface area (Å²) in [6, 6.07) is 4.52. The van der Waals surface area contributed by atoms with Crippen LogP contribution in [0.3, 0.4) is 0 Å². The Hall–Kier alpha value is -1.31. The first kappa shape index (κ1) is 17.1. The number of halogens is 2. The van der Waals surface area contributed by atoms with Crippen molar-refractivity contribution in [3.63, 3.8) is 0 Å². The van der Waals surface area contributed by atoms with Gasteiger partial charge in [-0.3, -0.25) is 4.79 Å². The zero-order valence-corrected chi connectivity index (χ0v) is 13.9. The van der Waals surface area contributed by atoms with Crippen LogP contribution in [0.15, 0.2) is 18.2 Å². The first-order valence-corrected chi connectivity index (χ1v) is 9.17. The fourth-order valence-corrected chi connectivity index (χ4v) is 3.89. The number of carbonyl (C=O) groups excluding carboxylic acids is 2. The van der Waals surface area contributed by atoms with Crippen LogP contribution in [0.1, 0.15) is 16.8 Å². The van der Waals surface area contributed by atoms with Crippen molar-refractivity contribution >= 4 is 48.9 Å². The average molecular weight is 366 g/mol. The third kappa shape index (κ3) is 3.91. The standard InChI is InChI=1S/C13H13Cl2NO5S/c1-21-13(18)10-5-9(2-3-11(10)14)16-6-8(4-12(16)17)7-22(15,19)20/h2-3,5,8H,4,6-7H2,1H3. The van der Waals surface area contributed by atoms with Crippen LogP contribution in [0.2, 0.25) is 5.02 Å². The first-order valence-electron chi connectivity index (χ1n) is 6.32. The summed E-state index contributed by atoms with van der Waals surface area (Å²) in [6.45, 7) is 0.215. The first-order chi connectivity index (χ1) is 10.2. The number of methoxy groups -OCH3 is 1. The van der Waals surface area contributed by atoms with E-state index in [0.29, 0.717) is 5.69 Å². The second-order valence-electron chi connectivity index (χ2n) is 4.94. The molecule has 1 unspecified atom stereocenters. The zero-order chi connectivity index (χ0) is 16.5. The van der Waals surface area contributed by atoms with Crippen molar-refractivity contribution < 1.29 is 22.7 Å². The van der Waals surface area contributed by atoms with Crippen LogP contribution in [-0.2, 0) is 18.6 Å². The number of nitrogens with zero attached hydrogens (tertiary/aromatic N) is 1. The van der Waals surface area contributed by atoms with Gasteiger partial charge in [0.15, 0.2) is 0 Å². The molecule has 0 bridgehead atoms. The van der Waals surface area contributed by atoms with E-state index < -0.39 is 15.0 Å². The zero-order valence-electron chi connectivity index (χ0n) is 11.6. The summed E-state index contributed by atoms with van der Waals surface area (Å²) in [6.07, 6.45) is 0.0855. The molecule has 1 atom stereocenters. The summed E-state index contributed by atoms with van der Waals surface area (Å²) in [5.41, 5.74) is 0.604. The lowest BCUT2D eigenvalue weighted by Crippen LogP contribution is -2.25. The van der Waals surface area contributed by atoms with E-state index in [-0.39, 0.29) is 41.1 Å². The van der Waals surface area contributed by atoms with Crippen LogP contribution < -0.4 is 4.90 Å². The minimum Gasteiger partial charge on any atom is -0.465 e. The van der Waals surface area contributed by atoms with Gasteiger partial charge in [-0.1, -0.05) is 11.6 Å². The molecular formula is C13H13Cl2NO5S. The van der Waals surface area contributed by atoms with Gasteiger partial charge < -0.3 is 9.64 Å². The minimum atomic E-state index is -3.67. The smallest absolute Gasteiger partial charge is 0.339 e. The van der Waals surface area contributed by atoms with E-state index in [0.717, 1.165) is 0 Å². The van der Waals surface area contributed by atoms with Gasteiger partial charge in [-0.2, -0.15) is 0 Å². The maximum atomic E-state index is 12.0. The predicted octanol–water partition coefficient (Wildman–Crippen LogP) is 2.05. The fourth-order valence-electron chi connectivity index (χ4n) is 2.37. The third-order valence-corrected chi connectivity index (χ3v) is 4.88. The summed E-state index contributed by atoms with van der Waals surface area (Å²) >= 11 is 5.93. The van der Waals surface area contributed by atoms with Crippen molar-refractivity contribution in [2.24, 2.45) is 5.92 Å². The van der Waals surface area contributed by atoms with Crippen LogP contribution in [0.25, 0.3) is 0 Å². The Morgan fingerprint density at radius 1 is 1.45 bits per heavy atom. The Morgan fingerprint density at radius 2 is 2.14 bits per heavy atom. The number of rotatable bonds is 4. The highest BCUT2D eigenvalue weighted by Crippen LogP contribution is 2.29. The van der Waals surface area contributed by atoms with E-state index in [9.17, 15) is 18.0 Å². The Morgan fingerprint density at radius 3 is 2.73 bits per heavy atom. The Bertz CT molecular complexity index is 719. The molecule has 0 radical (unpaired) electrons. The van der Waals surface area contributed by atoms with E-state index in [1.807, 2.05) is 0 Å². The normalized spacial score (nSPS) is 18.6. The summed E-state index contributed by atoms with van der Waals surface area (Å²) in [5.74, 6) is -1.50. The van der Waals surface area contributed by atoms with Gasteiger partial charge in [-0.15, -0.1) is 0 Å². The molecular weight excluding hydrogens is 353 g/mol. The molecule has 1 amide bonds. The molecule has 1 aromatic rings. The molecule has 1 heterocycles. The highest BCUT2D eigenvalue weighted by Gasteiger charge is 2.33. The SMILES string of the molecule is COC(=O)c1cc(N2CC(CS(=O)(=O)Cl)CC2=O)ccc1Cl. The van der Waals surface area contributed by atoms with Crippen LogP contribution in [0.5, 0.6) is 0 Å². The third-order valence-electron chi connectivity index (χ3n) is 3.31. The molecule has 0 aliphatic carbocycles. The Kier molecular flexibility index (Phi) is 4.99. The van der Waals surface area contributed by atoms with Gasteiger partial charge in [0.1, 0.15) is 0 Å². The molecule has 1 saturated heterocycles. The van der Waals surface area contributed by atoms with E-state index in [1.165, 1.54) is 24.1 Å². The molecule has 9 heteroatoms. The maximum Gasteiger partial charge on any atom is 0.339 e. The number of amides is 1. The molecule has 6 nitrogen and oxygen atoms in total. The monoisotopic (exact) mass is 365 g/mol. The molecule has 22 heavy (non-hydrogen) atoms. The maximum absolute atomic E-state index is 12.0. The van der Waals surface area contributed by atoms with E-state index in [1.54, 1.807) is 6.07 Å². The second kappa shape index (κ2) is 6.44. The molecule has 0 N–H and O–H groups in total. The lowest BCUT2D eigenvalue weighted by molar-refractivity contribution is -0.117. The van der Waals surface area contributed by atoms with Gasteiger partial charge >= 0.3 is 5.97 Å². The highest BCUT2D eigenvalue weighted by atomic mass is 35.7. The Balaban J connectivity index is 2.25. The molecule has 1 aliphatic rings. The highest BCUT2D eigenvalue weighted by molar-refractivity contribution is 8.13. The van der Waals surface area contributed by atoms with Crippen LogP contribution in [0.4, 0.5) is 5.69 Å². The summed E-state index contributed by atoms with van der Waals surface area (Å²) in [5, 5.41) is 0.210. The van der Waals surface area contributed by atoms with Crippen molar-refractivity contribution in [1.82, 2.24) is 0 Å². The molecule has 2 rings (SSSR count). The minimum absolute atomic E-state index is 0.0855. The number of ether oxygens (including phenoxy) is 1. The summed E-state index contributed by atoms with van der Waals surface area (Å²) < 4.78 is 26.9. The molecule has 0 saturated carbocycles. The van der Waals surface area contributed by atoms with Crippen LogP contribution >= 0.6 is 22.3 Å². The number of carbonyl (C=O) groups is 2. The van der Waals surface area contributed by atoms with Crippen LogP contribution in [0, 0.1) is 5.92 Å². The quantitative estimate of drug-likeness (QED) is 0.602. The fraction of sp³-hybridized carbons (Fsp3) is 0.385. The second-order valence-corrected chi connectivity index (χ2v) is 8.16. The lowest BCUT2D eigenvalue weighted by atomic mass is 10.1. The van der Waals surface area contributed by atoms with Gasteiger partial charge in [0.2, 0.25) is 15.0 Å². The molecule has 0 aromatic heterocycles. The van der Waals surface area contributed by atoms with E-state index in [2.05, 4.69) is 4.74 Å². The molecule has 0 spiro atoms. The van der Waals surface area contributed by atoms with Crippen molar-refractivity contribution in [2.75, 3.05) is 24.3 Å². The van der Waals surface area contributed by atoms with E-state index >= 15 is 0 Å². The van der Waals surface area contributed by atoms with Gasteiger partial charge in [0.25, 0.3) is 0 Å². The predicted molar refractivity (Wildman–Crippen MR) is 82.9 cm³/mol. The van der Waals surface area contributed by atoms with Crippen molar-refractivity contribution in [3.8, 4) is 0 Å². The van der Waals surface area contributed by atoms with Gasteiger partial charge in [0, 0.05) is 35.3 Å². The summed E-state index contributed by atoms with van der Waals surface area (Å²) in [7, 11) is 2.78. The molecule has 120 valence electrons. The number of anilines is 1. The number of esters is 1. The van der Waals surface area contributed by atoms with Gasteiger partial charge in [-0.05, 0) is 18.2 Å². The average Bonchev–Trinajstić information content (AvgIpc) is 2.77. The number of hydrogen-bond donors (Lipinski definition) is 0. The van der Waals surface area contributed by atoms with Gasteiger partial charge in [-0.25, -0.2) is 13.2 Å². The molecule has 1 aromatic carbocycles. The van der Waals surface area contributed by atoms with Gasteiger partial charge in [0.05, 0.1) is 23.4 Å². The molecule has 1 aliphatic heterocycles. The van der Waals surface area contributed by atoms with E-state index in [4.69, 9.17) is 22.3 Å². The van der Waals surface area contributed by atoms with Crippen molar-refractivity contribution in [3.05, 3.63) is 28.8 Å². The number of hydrogen-bond acceptors (Lipinski definition) is 5.